The summed E-state index contributed by atoms with van der Waals surface area (Å²) in [5.74, 6) is 0.716. The van der Waals surface area contributed by atoms with Crippen LogP contribution in [0.4, 0.5) is 5.69 Å². The molecule has 1 aliphatic carbocycles. The summed E-state index contributed by atoms with van der Waals surface area (Å²) in [4.78, 5) is 4.35. The summed E-state index contributed by atoms with van der Waals surface area (Å²) in [6.45, 7) is 2.23. The van der Waals surface area contributed by atoms with E-state index in [9.17, 15) is 5.26 Å². The summed E-state index contributed by atoms with van der Waals surface area (Å²) < 4.78 is 0. The first kappa shape index (κ1) is 12.9. The molecule has 0 aliphatic heterocycles. The molecule has 1 atom stereocenters. The number of pyridine rings is 1. The minimum Gasteiger partial charge on any atom is -0.381 e. The van der Waals surface area contributed by atoms with Crippen LogP contribution in [-0.2, 0) is 0 Å². The molecule has 2 aromatic rings. The van der Waals surface area contributed by atoms with Gasteiger partial charge in [-0.2, -0.15) is 5.26 Å². The molecule has 1 unspecified atom stereocenters. The van der Waals surface area contributed by atoms with Crippen molar-refractivity contribution in [3.63, 3.8) is 0 Å². The maximum absolute atomic E-state index is 9.33. The summed E-state index contributed by atoms with van der Waals surface area (Å²) >= 11 is 0. The first-order valence-corrected chi connectivity index (χ1v) is 7.34. The van der Waals surface area contributed by atoms with Crippen LogP contribution in [0, 0.1) is 17.2 Å². The summed E-state index contributed by atoms with van der Waals surface area (Å²) in [7, 11) is 0. The van der Waals surface area contributed by atoms with Gasteiger partial charge in [0, 0.05) is 17.6 Å². The average molecular weight is 265 g/mol. The Hall–Kier alpha value is -2.08. The van der Waals surface area contributed by atoms with Crippen molar-refractivity contribution in [2.75, 3.05) is 5.32 Å². The van der Waals surface area contributed by atoms with Gasteiger partial charge in [-0.3, -0.25) is 4.98 Å². The van der Waals surface area contributed by atoms with Crippen molar-refractivity contribution in [1.29, 1.82) is 5.26 Å². The van der Waals surface area contributed by atoms with Gasteiger partial charge in [0.1, 0.15) is 6.07 Å². The lowest BCUT2D eigenvalue weighted by Crippen LogP contribution is -2.24. The number of fused-ring (bicyclic) bond motifs is 1. The minimum absolute atomic E-state index is 0.399. The third-order valence-corrected chi connectivity index (χ3v) is 4.37. The normalized spacial score (nSPS) is 17.0. The van der Waals surface area contributed by atoms with E-state index in [0.717, 1.165) is 16.6 Å². The number of hydrogen-bond acceptors (Lipinski definition) is 3. The molecule has 1 aromatic heterocycles. The number of nitrogens with zero attached hydrogens (tertiary/aromatic N) is 2. The highest BCUT2D eigenvalue weighted by atomic mass is 14.9. The maximum Gasteiger partial charge on any atom is 0.103 e. The molecule has 102 valence electrons. The van der Waals surface area contributed by atoms with E-state index in [2.05, 4.69) is 23.3 Å². The van der Waals surface area contributed by atoms with Gasteiger partial charge in [0.15, 0.2) is 0 Å². The van der Waals surface area contributed by atoms with Gasteiger partial charge in [0.25, 0.3) is 0 Å². The van der Waals surface area contributed by atoms with Gasteiger partial charge in [0.05, 0.1) is 16.8 Å². The first-order chi connectivity index (χ1) is 9.79. The van der Waals surface area contributed by atoms with Crippen LogP contribution in [0.2, 0.25) is 0 Å². The molecule has 0 amide bonds. The Morgan fingerprint density at radius 1 is 1.30 bits per heavy atom. The quantitative estimate of drug-likeness (QED) is 0.909. The second-order valence-corrected chi connectivity index (χ2v) is 5.65. The van der Waals surface area contributed by atoms with E-state index in [1.165, 1.54) is 25.7 Å². The van der Waals surface area contributed by atoms with Gasteiger partial charge in [-0.15, -0.1) is 0 Å². The standard InChI is InChI=1S/C17H19N3/c1-12(13-6-2-3-7-13)20-17-14(10-18)11-19-16-9-5-4-8-15(16)17/h4-5,8-9,11-13H,2-3,6-7H2,1H3,(H,19,20). The summed E-state index contributed by atoms with van der Waals surface area (Å²) in [5, 5.41) is 13.9. The predicted octanol–water partition coefficient (Wildman–Crippen LogP) is 4.10. The van der Waals surface area contributed by atoms with Gasteiger partial charge in [-0.25, -0.2) is 0 Å². The highest BCUT2D eigenvalue weighted by Crippen LogP contribution is 2.32. The van der Waals surface area contributed by atoms with Crippen molar-refractivity contribution in [1.82, 2.24) is 4.98 Å². The van der Waals surface area contributed by atoms with E-state index in [0.29, 0.717) is 17.5 Å². The zero-order valence-electron chi connectivity index (χ0n) is 11.8. The van der Waals surface area contributed by atoms with Crippen LogP contribution in [-0.4, -0.2) is 11.0 Å². The zero-order chi connectivity index (χ0) is 13.9. The number of para-hydroxylation sites is 1. The summed E-state index contributed by atoms with van der Waals surface area (Å²) in [5.41, 5.74) is 2.51. The second kappa shape index (κ2) is 5.50. The van der Waals surface area contributed by atoms with Crippen LogP contribution >= 0.6 is 0 Å². The third kappa shape index (κ3) is 2.34. The monoisotopic (exact) mass is 265 g/mol. The lowest BCUT2D eigenvalue weighted by Gasteiger charge is -2.23. The molecule has 1 aliphatic rings. The summed E-state index contributed by atoms with van der Waals surface area (Å²) in [6, 6.07) is 10.7. The highest BCUT2D eigenvalue weighted by molar-refractivity contribution is 5.93. The molecule has 3 heteroatoms. The number of anilines is 1. The number of nitrogens with one attached hydrogen (secondary N) is 1. The Balaban J connectivity index is 1.98. The smallest absolute Gasteiger partial charge is 0.103 e. The number of benzene rings is 1. The highest BCUT2D eigenvalue weighted by Gasteiger charge is 2.22. The van der Waals surface area contributed by atoms with Crippen LogP contribution < -0.4 is 5.32 Å². The van der Waals surface area contributed by atoms with Crippen molar-refractivity contribution in [2.24, 2.45) is 5.92 Å². The number of hydrogen-bond donors (Lipinski definition) is 1. The van der Waals surface area contributed by atoms with Gasteiger partial charge in [-0.1, -0.05) is 31.0 Å². The largest absolute Gasteiger partial charge is 0.381 e. The molecule has 0 saturated heterocycles. The first-order valence-electron chi connectivity index (χ1n) is 7.34. The molecule has 1 fully saturated rings. The SMILES string of the molecule is CC(Nc1c(C#N)cnc2ccccc12)C1CCCC1. The molecule has 3 rings (SSSR count). The second-order valence-electron chi connectivity index (χ2n) is 5.65. The third-order valence-electron chi connectivity index (χ3n) is 4.37. The molecule has 1 N–H and O–H groups in total. The fourth-order valence-electron chi connectivity index (χ4n) is 3.18. The molecular formula is C17H19N3. The molecule has 0 bridgehead atoms. The maximum atomic E-state index is 9.33. The van der Waals surface area contributed by atoms with Crippen LogP contribution in [0.5, 0.6) is 0 Å². The Kier molecular flexibility index (Phi) is 3.56. The lowest BCUT2D eigenvalue weighted by molar-refractivity contribution is 0.482. The molecule has 0 spiro atoms. The Morgan fingerprint density at radius 2 is 2.05 bits per heavy atom. The van der Waals surface area contributed by atoms with E-state index in [1.807, 2.05) is 24.3 Å². The van der Waals surface area contributed by atoms with Crippen molar-refractivity contribution in [2.45, 2.75) is 38.6 Å². The molecule has 20 heavy (non-hydrogen) atoms. The van der Waals surface area contributed by atoms with Crippen molar-refractivity contribution >= 4 is 16.6 Å². The Labute approximate surface area is 119 Å². The van der Waals surface area contributed by atoms with E-state index in [4.69, 9.17) is 0 Å². The van der Waals surface area contributed by atoms with Crippen molar-refractivity contribution in [3.05, 3.63) is 36.0 Å². The van der Waals surface area contributed by atoms with Gasteiger partial charge >= 0.3 is 0 Å². The van der Waals surface area contributed by atoms with Crippen LogP contribution in [0.25, 0.3) is 10.9 Å². The van der Waals surface area contributed by atoms with Crippen LogP contribution in [0.3, 0.4) is 0 Å². The lowest BCUT2D eigenvalue weighted by atomic mass is 9.98. The minimum atomic E-state index is 0.399. The van der Waals surface area contributed by atoms with Crippen LogP contribution in [0.1, 0.15) is 38.2 Å². The number of nitriles is 1. The predicted molar refractivity (Wildman–Crippen MR) is 81.5 cm³/mol. The van der Waals surface area contributed by atoms with Crippen LogP contribution in [0.15, 0.2) is 30.5 Å². The van der Waals surface area contributed by atoms with E-state index in [1.54, 1.807) is 6.20 Å². The fourth-order valence-corrected chi connectivity index (χ4v) is 3.18. The number of aromatic nitrogens is 1. The molecule has 1 saturated carbocycles. The number of rotatable bonds is 3. The van der Waals surface area contributed by atoms with Crippen molar-refractivity contribution < 1.29 is 0 Å². The van der Waals surface area contributed by atoms with Gasteiger partial charge in [0.2, 0.25) is 0 Å². The van der Waals surface area contributed by atoms with E-state index >= 15 is 0 Å². The fraction of sp³-hybridized carbons (Fsp3) is 0.412. The molecule has 3 nitrogen and oxygen atoms in total. The van der Waals surface area contributed by atoms with Gasteiger partial charge in [-0.05, 0) is 31.7 Å². The molecule has 1 aromatic carbocycles. The summed E-state index contributed by atoms with van der Waals surface area (Å²) in [6.07, 6.45) is 6.92. The van der Waals surface area contributed by atoms with E-state index in [-0.39, 0.29) is 0 Å². The Bertz CT molecular complexity index is 651. The zero-order valence-corrected chi connectivity index (χ0v) is 11.8. The van der Waals surface area contributed by atoms with Crippen molar-refractivity contribution in [3.8, 4) is 6.07 Å². The molecular weight excluding hydrogens is 246 g/mol. The van der Waals surface area contributed by atoms with Gasteiger partial charge < -0.3 is 5.32 Å². The average Bonchev–Trinajstić information content (AvgIpc) is 3.02. The molecule has 0 radical (unpaired) electrons. The van der Waals surface area contributed by atoms with E-state index < -0.39 is 0 Å². The topological polar surface area (TPSA) is 48.7 Å². The molecule has 1 heterocycles. The Morgan fingerprint density at radius 3 is 2.80 bits per heavy atom.